The zero-order valence-electron chi connectivity index (χ0n) is 20.8. The van der Waals surface area contributed by atoms with Crippen LogP contribution in [0.25, 0.3) is 0 Å². The summed E-state index contributed by atoms with van der Waals surface area (Å²) in [5.41, 5.74) is 0.693. The Morgan fingerprint density at radius 1 is 1.14 bits per heavy atom. The number of nitrogens with one attached hydrogen (secondary N) is 2. The summed E-state index contributed by atoms with van der Waals surface area (Å²) in [6.07, 6.45) is -1.68. The molecule has 204 valence electrons. The van der Waals surface area contributed by atoms with Gasteiger partial charge in [0.15, 0.2) is 18.2 Å². The first kappa shape index (κ1) is 32.2. The first-order chi connectivity index (χ1) is 17.7. The number of aldehydes is 1. The number of rotatable bonds is 4. The molecule has 2 heterocycles. The number of halogens is 4. The number of carbonyl (C=O) groups is 3. The van der Waals surface area contributed by atoms with Crippen molar-refractivity contribution >= 4 is 30.5 Å². The number of alkyl halides is 3. The van der Waals surface area contributed by atoms with Gasteiger partial charge in [0.1, 0.15) is 12.5 Å². The molecular weight excluding hydrogens is 513 g/mol. The van der Waals surface area contributed by atoms with Gasteiger partial charge in [0.2, 0.25) is 0 Å². The molecule has 2 aliphatic rings. The van der Waals surface area contributed by atoms with E-state index in [1.807, 2.05) is 13.8 Å². The summed E-state index contributed by atoms with van der Waals surface area (Å²) in [4.78, 5) is 30.0. The van der Waals surface area contributed by atoms with E-state index in [1.165, 1.54) is 25.0 Å². The SMILES string of the molecule is C=O.CNC1CCCOC1.CNCc1ccc(C(F)(F)F)cc1.O=CC1CC(=O)c2cc(Cl)ccc2O1. The Labute approximate surface area is 219 Å². The van der Waals surface area contributed by atoms with Crippen LogP contribution in [0.1, 0.15) is 40.7 Å². The smallest absolute Gasteiger partial charge is 0.416 e. The standard InChI is InChI=1S/C10H7ClO3.C9H10F3N.C6H13NO.CH2O/c11-6-1-2-10-8(3-6)9(13)4-7(5-12)14-10;1-13-6-7-2-4-8(5-3-7)9(10,11)12;1-7-6-3-2-4-8-5-6;1-2/h1-3,5,7H,4H2;2-5,13H,6H2,1H3;6-7H,2-5H2,1H3;1H2. The van der Waals surface area contributed by atoms with E-state index < -0.39 is 17.8 Å². The molecule has 0 aliphatic carbocycles. The third-order valence-electron chi connectivity index (χ3n) is 5.29. The topological polar surface area (TPSA) is 93.7 Å². The fourth-order valence-electron chi connectivity index (χ4n) is 3.38. The zero-order chi connectivity index (χ0) is 27.8. The van der Waals surface area contributed by atoms with E-state index in [0.717, 1.165) is 30.9 Å². The number of ketones is 1. The highest BCUT2D eigenvalue weighted by Crippen LogP contribution is 2.30. The van der Waals surface area contributed by atoms with Crippen molar-refractivity contribution in [1.29, 1.82) is 0 Å². The molecule has 0 radical (unpaired) electrons. The van der Waals surface area contributed by atoms with Crippen LogP contribution in [0.4, 0.5) is 13.2 Å². The molecule has 0 saturated carbocycles. The number of fused-ring (bicyclic) bond motifs is 1. The van der Waals surface area contributed by atoms with Gasteiger partial charge in [-0.1, -0.05) is 23.7 Å². The summed E-state index contributed by atoms with van der Waals surface area (Å²) >= 11 is 5.73. The van der Waals surface area contributed by atoms with Gasteiger partial charge >= 0.3 is 6.18 Å². The van der Waals surface area contributed by atoms with Crippen LogP contribution >= 0.6 is 11.6 Å². The fraction of sp³-hybridized carbons (Fsp3) is 0.423. The van der Waals surface area contributed by atoms with E-state index in [9.17, 15) is 22.8 Å². The van der Waals surface area contributed by atoms with Gasteiger partial charge in [-0.15, -0.1) is 0 Å². The summed E-state index contributed by atoms with van der Waals surface area (Å²) in [5, 5.41) is 6.53. The maximum Gasteiger partial charge on any atom is 0.416 e. The molecule has 4 rings (SSSR count). The molecule has 2 aliphatic heterocycles. The van der Waals surface area contributed by atoms with Crippen molar-refractivity contribution in [3.05, 3.63) is 64.2 Å². The van der Waals surface area contributed by atoms with Gasteiger partial charge in [-0.2, -0.15) is 13.2 Å². The molecule has 2 unspecified atom stereocenters. The van der Waals surface area contributed by atoms with Gasteiger partial charge in [0, 0.05) is 24.2 Å². The second kappa shape index (κ2) is 16.9. The van der Waals surface area contributed by atoms with Crippen LogP contribution in [0, 0.1) is 0 Å². The zero-order valence-corrected chi connectivity index (χ0v) is 21.5. The second-order valence-corrected chi connectivity index (χ2v) is 8.42. The molecule has 0 aromatic heterocycles. The van der Waals surface area contributed by atoms with E-state index >= 15 is 0 Å². The lowest BCUT2D eigenvalue weighted by atomic mass is 10.0. The predicted molar refractivity (Wildman–Crippen MR) is 135 cm³/mol. The third kappa shape index (κ3) is 11.4. The molecule has 0 spiro atoms. The fourth-order valence-corrected chi connectivity index (χ4v) is 3.55. The van der Waals surface area contributed by atoms with Crippen LogP contribution in [-0.2, 0) is 27.0 Å². The number of hydrogen-bond donors (Lipinski definition) is 2. The monoisotopic (exact) mass is 544 g/mol. The second-order valence-electron chi connectivity index (χ2n) is 7.99. The number of hydrogen-bond acceptors (Lipinski definition) is 7. The van der Waals surface area contributed by atoms with E-state index in [4.69, 9.17) is 25.9 Å². The van der Waals surface area contributed by atoms with Crippen LogP contribution in [0.3, 0.4) is 0 Å². The molecule has 1 saturated heterocycles. The average molecular weight is 545 g/mol. The quantitative estimate of drug-likeness (QED) is 0.547. The number of carbonyl (C=O) groups excluding carboxylic acids is 3. The third-order valence-corrected chi connectivity index (χ3v) is 5.52. The molecule has 2 aromatic rings. The number of Topliss-reactive ketones (excluding diaryl/α,β-unsaturated/α-hetero) is 1. The van der Waals surface area contributed by atoms with Gasteiger partial charge in [0.05, 0.1) is 24.2 Å². The van der Waals surface area contributed by atoms with Gasteiger partial charge in [-0.05, 0) is 62.8 Å². The Bertz CT molecular complexity index is 968. The largest absolute Gasteiger partial charge is 0.482 e. The first-order valence-corrected chi connectivity index (χ1v) is 11.8. The number of benzene rings is 2. The first-order valence-electron chi connectivity index (χ1n) is 11.5. The molecule has 0 bridgehead atoms. The van der Waals surface area contributed by atoms with Gasteiger partial charge < -0.3 is 24.9 Å². The van der Waals surface area contributed by atoms with E-state index in [-0.39, 0.29) is 12.2 Å². The Balaban J connectivity index is 0.000000277. The Kier molecular flexibility index (Phi) is 14.7. The molecule has 2 N–H and O–H groups in total. The van der Waals surface area contributed by atoms with Crippen LogP contribution in [0.5, 0.6) is 5.75 Å². The van der Waals surface area contributed by atoms with Crippen molar-refractivity contribution in [3.63, 3.8) is 0 Å². The lowest BCUT2D eigenvalue weighted by molar-refractivity contribution is -0.137. The van der Waals surface area contributed by atoms with Crippen molar-refractivity contribution in [2.24, 2.45) is 0 Å². The Morgan fingerprint density at radius 3 is 2.30 bits per heavy atom. The van der Waals surface area contributed by atoms with Crippen molar-refractivity contribution in [3.8, 4) is 5.75 Å². The van der Waals surface area contributed by atoms with Gasteiger partial charge in [-0.3, -0.25) is 9.59 Å². The lowest BCUT2D eigenvalue weighted by Gasteiger charge is -2.21. The summed E-state index contributed by atoms with van der Waals surface area (Å²) in [5.74, 6) is 0.327. The van der Waals surface area contributed by atoms with Gasteiger partial charge in [-0.25, -0.2) is 0 Å². The highest BCUT2D eigenvalue weighted by Gasteiger charge is 2.29. The van der Waals surface area contributed by atoms with E-state index in [2.05, 4.69) is 10.6 Å². The highest BCUT2D eigenvalue weighted by atomic mass is 35.5. The summed E-state index contributed by atoms with van der Waals surface area (Å²) in [6.45, 7) is 4.44. The minimum Gasteiger partial charge on any atom is -0.482 e. The molecule has 2 atom stereocenters. The molecule has 2 aromatic carbocycles. The molecule has 7 nitrogen and oxygen atoms in total. The summed E-state index contributed by atoms with van der Waals surface area (Å²) in [6, 6.07) is 10.5. The molecule has 37 heavy (non-hydrogen) atoms. The van der Waals surface area contributed by atoms with E-state index in [0.29, 0.717) is 35.2 Å². The maximum absolute atomic E-state index is 12.1. The average Bonchev–Trinajstić information content (AvgIpc) is 2.91. The van der Waals surface area contributed by atoms with Crippen LogP contribution in [-0.4, -0.2) is 58.3 Å². The van der Waals surface area contributed by atoms with Crippen LogP contribution in [0.15, 0.2) is 42.5 Å². The van der Waals surface area contributed by atoms with Crippen LogP contribution in [0.2, 0.25) is 5.02 Å². The molecular formula is C26H32ClF3N2O5. The summed E-state index contributed by atoms with van der Waals surface area (Å²) < 4.78 is 46.7. The predicted octanol–water partition coefficient (Wildman–Crippen LogP) is 4.50. The number of ether oxygens (including phenoxy) is 2. The minimum absolute atomic E-state index is 0.0941. The lowest BCUT2D eigenvalue weighted by Crippen LogP contribution is -2.33. The van der Waals surface area contributed by atoms with Crippen molar-refractivity contribution < 1.29 is 37.0 Å². The van der Waals surface area contributed by atoms with E-state index in [1.54, 1.807) is 25.2 Å². The van der Waals surface area contributed by atoms with Gasteiger partial charge in [0.25, 0.3) is 0 Å². The maximum atomic E-state index is 12.1. The number of likely N-dealkylation sites (N-methyl/N-ethyl adjacent to an activating group) is 1. The minimum atomic E-state index is -4.24. The Morgan fingerprint density at radius 2 is 1.81 bits per heavy atom. The highest BCUT2D eigenvalue weighted by molar-refractivity contribution is 6.31. The van der Waals surface area contributed by atoms with Crippen molar-refractivity contribution in [2.45, 2.75) is 44.1 Å². The normalized spacial score (nSPS) is 18.3. The molecule has 11 heteroatoms. The molecule has 1 fully saturated rings. The van der Waals surface area contributed by atoms with Crippen molar-refractivity contribution in [2.75, 3.05) is 27.3 Å². The summed E-state index contributed by atoms with van der Waals surface area (Å²) in [7, 11) is 3.73. The Hall–Kier alpha value is -2.79. The van der Waals surface area contributed by atoms with Crippen LogP contribution < -0.4 is 15.4 Å². The van der Waals surface area contributed by atoms with Crippen molar-refractivity contribution in [1.82, 2.24) is 10.6 Å². The molecule has 0 amide bonds.